The van der Waals surface area contributed by atoms with Crippen molar-refractivity contribution in [1.82, 2.24) is 4.98 Å². The molecule has 1 heterocycles. The van der Waals surface area contributed by atoms with Crippen molar-refractivity contribution in [2.45, 2.75) is 0 Å². The Kier molecular flexibility index (Phi) is 3.48. The molecule has 0 spiro atoms. The number of carbonyl (C=O) groups excluding carboxylic acids is 1. The number of benzene rings is 2. The van der Waals surface area contributed by atoms with Crippen molar-refractivity contribution in [3.63, 3.8) is 0 Å². The molecule has 5 heteroatoms. The SMILES string of the molecule is O=C(c1cccc(Br)c1F)c1c[nH]c2cccc(Br)c12. The molecule has 0 fully saturated rings. The van der Waals surface area contributed by atoms with Gasteiger partial charge in [-0.05, 0) is 40.2 Å². The van der Waals surface area contributed by atoms with Gasteiger partial charge < -0.3 is 4.98 Å². The smallest absolute Gasteiger partial charge is 0.198 e. The summed E-state index contributed by atoms with van der Waals surface area (Å²) in [5, 5.41) is 0.761. The number of aromatic amines is 1. The molecule has 100 valence electrons. The van der Waals surface area contributed by atoms with Gasteiger partial charge in [0.1, 0.15) is 5.82 Å². The van der Waals surface area contributed by atoms with Gasteiger partial charge in [0.2, 0.25) is 0 Å². The third-order valence-corrected chi connectivity index (χ3v) is 4.37. The van der Waals surface area contributed by atoms with Crippen LogP contribution in [0.25, 0.3) is 10.9 Å². The topological polar surface area (TPSA) is 32.9 Å². The summed E-state index contributed by atoms with van der Waals surface area (Å²) in [4.78, 5) is 15.6. The largest absolute Gasteiger partial charge is 0.360 e. The Labute approximate surface area is 131 Å². The summed E-state index contributed by atoms with van der Waals surface area (Å²) < 4.78 is 15.1. The second-order valence-electron chi connectivity index (χ2n) is 4.30. The van der Waals surface area contributed by atoms with E-state index in [1.165, 1.54) is 6.07 Å². The van der Waals surface area contributed by atoms with Gasteiger partial charge >= 0.3 is 0 Å². The maximum atomic E-state index is 14.1. The van der Waals surface area contributed by atoms with Gasteiger partial charge in [0, 0.05) is 27.1 Å². The van der Waals surface area contributed by atoms with Gasteiger partial charge in [-0.3, -0.25) is 4.79 Å². The van der Waals surface area contributed by atoms with Crippen LogP contribution in [0.15, 0.2) is 51.5 Å². The molecule has 0 atom stereocenters. The Morgan fingerprint density at radius 3 is 2.50 bits per heavy atom. The lowest BCUT2D eigenvalue weighted by Gasteiger charge is -2.04. The fourth-order valence-corrected chi connectivity index (χ4v) is 3.09. The molecule has 3 aromatic rings. The van der Waals surface area contributed by atoms with E-state index in [9.17, 15) is 9.18 Å². The van der Waals surface area contributed by atoms with Crippen molar-refractivity contribution in [2.24, 2.45) is 0 Å². The number of hydrogen-bond donors (Lipinski definition) is 1. The van der Waals surface area contributed by atoms with E-state index in [-0.39, 0.29) is 15.8 Å². The van der Waals surface area contributed by atoms with Crippen LogP contribution < -0.4 is 0 Å². The number of ketones is 1. The summed E-state index contributed by atoms with van der Waals surface area (Å²) in [6, 6.07) is 10.3. The molecule has 0 amide bonds. The molecular formula is C15H8Br2FNO. The minimum Gasteiger partial charge on any atom is -0.360 e. The first kappa shape index (κ1) is 13.5. The number of hydrogen-bond acceptors (Lipinski definition) is 1. The highest BCUT2D eigenvalue weighted by molar-refractivity contribution is 9.11. The summed E-state index contributed by atoms with van der Waals surface area (Å²) in [6.07, 6.45) is 1.61. The zero-order valence-corrected chi connectivity index (χ0v) is 13.3. The average Bonchev–Trinajstić information content (AvgIpc) is 2.86. The molecule has 1 aromatic heterocycles. The lowest BCUT2D eigenvalue weighted by molar-refractivity contribution is 0.103. The molecule has 1 N–H and O–H groups in total. The van der Waals surface area contributed by atoms with Crippen LogP contribution in [0.5, 0.6) is 0 Å². The van der Waals surface area contributed by atoms with Crippen LogP contribution in [0.3, 0.4) is 0 Å². The number of nitrogens with one attached hydrogen (secondary N) is 1. The zero-order chi connectivity index (χ0) is 14.3. The Hall–Kier alpha value is -1.46. The van der Waals surface area contributed by atoms with Crippen molar-refractivity contribution >= 4 is 48.5 Å². The maximum Gasteiger partial charge on any atom is 0.198 e. The first-order chi connectivity index (χ1) is 9.59. The number of halogens is 3. The van der Waals surface area contributed by atoms with Gasteiger partial charge in [0.25, 0.3) is 0 Å². The van der Waals surface area contributed by atoms with Crippen LogP contribution in [0.1, 0.15) is 15.9 Å². The third-order valence-electron chi connectivity index (χ3n) is 3.10. The first-order valence-corrected chi connectivity index (χ1v) is 7.42. The molecule has 0 bridgehead atoms. The monoisotopic (exact) mass is 395 g/mol. The highest BCUT2D eigenvalue weighted by Gasteiger charge is 2.20. The Morgan fingerprint density at radius 2 is 1.70 bits per heavy atom. The van der Waals surface area contributed by atoms with Gasteiger partial charge in [0.15, 0.2) is 5.78 Å². The van der Waals surface area contributed by atoms with Crippen LogP contribution in [0.2, 0.25) is 0 Å². The van der Waals surface area contributed by atoms with Crippen molar-refractivity contribution in [3.05, 3.63) is 68.5 Å². The van der Waals surface area contributed by atoms with Crippen molar-refractivity contribution in [3.8, 4) is 0 Å². The summed E-state index contributed by atoms with van der Waals surface area (Å²) in [7, 11) is 0. The summed E-state index contributed by atoms with van der Waals surface area (Å²) in [6.45, 7) is 0. The Morgan fingerprint density at radius 1 is 1.00 bits per heavy atom. The number of carbonyl (C=O) groups is 1. The van der Waals surface area contributed by atoms with E-state index in [4.69, 9.17) is 0 Å². The van der Waals surface area contributed by atoms with Crippen molar-refractivity contribution in [2.75, 3.05) is 0 Å². The van der Waals surface area contributed by atoms with Crippen LogP contribution in [0, 0.1) is 5.82 Å². The molecule has 0 aliphatic rings. The summed E-state index contributed by atoms with van der Waals surface area (Å²) in [5.41, 5.74) is 1.33. The number of fused-ring (bicyclic) bond motifs is 1. The lowest BCUT2D eigenvalue weighted by atomic mass is 10.0. The van der Waals surface area contributed by atoms with Crippen LogP contribution in [0.4, 0.5) is 4.39 Å². The third kappa shape index (κ3) is 2.11. The molecule has 3 rings (SSSR count). The second kappa shape index (κ2) is 5.14. The molecule has 0 unspecified atom stereocenters. The average molecular weight is 397 g/mol. The van der Waals surface area contributed by atoms with Gasteiger partial charge in [0.05, 0.1) is 10.0 Å². The number of H-pyrrole nitrogens is 1. The van der Waals surface area contributed by atoms with Crippen molar-refractivity contribution < 1.29 is 9.18 Å². The zero-order valence-electron chi connectivity index (χ0n) is 10.1. The Balaban J connectivity index is 2.21. The predicted molar refractivity (Wildman–Crippen MR) is 83.5 cm³/mol. The summed E-state index contributed by atoms with van der Waals surface area (Å²) >= 11 is 6.52. The van der Waals surface area contributed by atoms with Crippen molar-refractivity contribution in [1.29, 1.82) is 0 Å². The highest BCUT2D eigenvalue weighted by atomic mass is 79.9. The van der Waals surface area contributed by atoms with E-state index in [0.29, 0.717) is 5.56 Å². The van der Waals surface area contributed by atoms with Gasteiger partial charge in [-0.25, -0.2) is 4.39 Å². The molecule has 0 aliphatic carbocycles. The lowest BCUT2D eigenvalue weighted by Crippen LogP contribution is -2.04. The minimum atomic E-state index is -0.543. The quantitative estimate of drug-likeness (QED) is 0.603. The predicted octanol–water partition coefficient (Wildman–Crippen LogP) is 5.06. The number of aromatic nitrogens is 1. The fraction of sp³-hybridized carbons (Fsp3) is 0. The van der Waals surface area contributed by atoms with Gasteiger partial charge in [-0.2, -0.15) is 0 Å². The second-order valence-corrected chi connectivity index (χ2v) is 6.00. The normalized spacial score (nSPS) is 10.9. The minimum absolute atomic E-state index is 0.0519. The standard InChI is InChI=1S/C15H8Br2FNO/c16-10-4-2-6-12-13(10)9(7-19-12)15(20)8-3-1-5-11(17)14(8)18/h1-7,19H. The maximum absolute atomic E-state index is 14.1. The molecule has 0 aliphatic heterocycles. The highest BCUT2D eigenvalue weighted by Crippen LogP contribution is 2.30. The molecule has 0 saturated carbocycles. The van der Waals surface area contributed by atoms with Crippen LogP contribution >= 0.6 is 31.9 Å². The number of rotatable bonds is 2. The first-order valence-electron chi connectivity index (χ1n) is 5.84. The van der Waals surface area contributed by atoms with E-state index in [0.717, 1.165) is 15.4 Å². The van der Waals surface area contributed by atoms with Gasteiger partial charge in [-0.15, -0.1) is 0 Å². The Bertz CT molecular complexity index is 826. The molecule has 2 nitrogen and oxygen atoms in total. The molecule has 2 aromatic carbocycles. The van der Waals surface area contributed by atoms with E-state index in [1.807, 2.05) is 18.2 Å². The summed E-state index contributed by atoms with van der Waals surface area (Å²) in [5.74, 6) is -0.888. The van der Waals surface area contributed by atoms with E-state index >= 15 is 0 Å². The van der Waals surface area contributed by atoms with E-state index in [2.05, 4.69) is 36.8 Å². The van der Waals surface area contributed by atoms with Crippen LogP contribution in [-0.2, 0) is 0 Å². The van der Waals surface area contributed by atoms with Crippen LogP contribution in [-0.4, -0.2) is 10.8 Å². The fourth-order valence-electron chi connectivity index (χ4n) is 2.14. The van der Waals surface area contributed by atoms with E-state index in [1.54, 1.807) is 18.3 Å². The van der Waals surface area contributed by atoms with Gasteiger partial charge in [-0.1, -0.05) is 28.1 Å². The molecule has 20 heavy (non-hydrogen) atoms. The van der Waals surface area contributed by atoms with E-state index < -0.39 is 5.82 Å². The molecule has 0 radical (unpaired) electrons. The molecular weight excluding hydrogens is 389 g/mol. The molecule has 0 saturated heterocycles.